The zero-order chi connectivity index (χ0) is 12.3. The second kappa shape index (κ2) is 5.00. The summed E-state index contributed by atoms with van der Waals surface area (Å²) in [5, 5.41) is 0. The number of benzene rings is 1. The van der Waals surface area contributed by atoms with Gasteiger partial charge >= 0.3 is 0 Å². The third-order valence-electron chi connectivity index (χ3n) is 3.03. The van der Waals surface area contributed by atoms with Gasteiger partial charge in [-0.15, -0.1) is 11.3 Å². The molecule has 0 saturated carbocycles. The molecule has 3 heteroatoms. The largest absolute Gasteiger partial charge is 0.372 e. The molecule has 0 amide bonds. The van der Waals surface area contributed by atoms with Crippen molar-refractivity contribution in [1.29, 1.82) is 0 Å². The molecule has 0 radical (unpaired) electrons. The minimum absolute atomic E-state index is 0.377. The van der Waals surface area contributed by atoms with Crippen LogP contribution in [-0.4, -0.2) is 13.7 Å². The van der Waals surface area contributed by atoms with Gasteiger partial charge in [0.1, 0.15) is 5.60 Å². The third kappa shape index (κ3) is 2.41. The molecule has 1 heterocycles. The van der Waals surface area contributed by atoms with Crippen LogP contribution < -0.4 is 5.73 Å². The Bertz CT molecular complexity index is 474. The van der Waals surface area contributed by atoms with Gasteiger partial charge in [-0.25, -0.2) is 0 Å². The lowest BCUT2D eigenvalue weighted by atomic mass is 10.1. The van der Waals surface area contributed by atoms with Crippen LogP contribution in [0.15, 0.2) is 42.5 Å². The van der Waals surface area contributed by atoms with Crippen LogP contribution in [0.25, 0.3) is 10.4 Å². The van der Waals surface area contributed by atoms with E-state index in [1.807, 2.05) is 25.1 Å². The Balaban J connectivity index is 2.34. The van der Waals surface area contributed by atoms with Crippen LogP contribution in [0.1, 0.15) is 11.8 Å². The zero-order valence-electron chi connectivity index (χ0n) is 10.1. The average Bonchev–Trinajstić information content (AvgIpc) is 2.89. The van der Waals surface area contributed by atoms with Crippen LogP contribution in [0.3, 0.4) is 0 Å². The molecule has 0 aliphatic heterocycles. The molecule has 1 aromatic heterocycles. The van der Waals surface area contributed by atoms with Crippen molar-refractivity contribution < 1.29 is 4.74 Å². The standard InChI is InChI=1S/C14H17NOS/c1-14(10-15,16-2)13-9-8-12(17-13)11-6-4-3-5-7-11/h3-9H,10,15H2,1-2H3. The average molecular weight is 247 g/mol. The SMILES string of the molecule is COC(C)(CN)c1ccc(-c2ccccc2)s1. The molecule has 1 unspecified atom stereocenters. The first-order valence-electron chi connectivity index (χ1n) is 5.60. The molecule has 0 bridgehead atoms. The molecule has 1 atom stereocenters. The molecule has 1 aromatic carbocycles. The van der Waals surface area contributed by atoms with Gasteiger partial charge in [-0.3, -0.25) is 0 Å². The maximum atomic E-state index is 5.78. The highest BCUT2D eigenvalue weighted by atomic mass is 32.1. The molecule has 0 fully saturated rings. The minimum Gasteiger partial charge on any atom is -0.372 e. The lowest BCUT2D eigenvalue weighted by molar-refractivity contribution is 0.0132. The van der Waals surface area contributed by atoms with Crippen molar-refractivity contribution >= 4 is 11.3 Å². The second-order valence-corrected chi connectivity index (χ2v) is 5.25. The Kier molecular flexibility index (Phi) is 3.62. The molecule has 2 rings (SSSR count). The van der Waals surface area contributed by atoms with E-state index in [9.17, 15) is 0 Å². The Labute approximate surface area is 106 Å². The number of hydrogen-bond donors (Lipinski definition) is 1. The monoisotopic (exact) mass is 247 g/mol. The van der Waals surface area contributed by atoms with Crippen LogP contribution in [0, 0.1) is 0 Å². The second-order valence-electron chi connectivity index (χ2n) is 4.17. The molecular formula is C14H17NOS. The first-order chi connectivity index (χ1) is 8.19. The van der Waals surface area contributed by atoms with E-state index in [0.29, 0.717) is 6.54 Å². The van der Waals surface area contributed by atoms with E-state index in [1.165, 1.54) is 15.3 Å². The number of nitrogens with two attached hydrogens (primary N) is 1. The molecular weight excluding hydrogens is 230 g/mol. The van der Waals surface area contributed by atoms with E-state index in [2.05, 4.69) is 24.3 Å². The quantitative estimate of drug-likeness (QED) is 0.900. The summed E-state index contributed by atoms with van der Waals surface area (Å²) in [7, 11) is 1.70. The number of thiophene rings is 1. The van der Waals surface area contributed by atoms with Crippen LogP contribution in [0.2, 0.25) is 0 Å². The maximum Gasteiger partial charge on any atom is 0.111 e. The predicted molar refractivity (Wildman–Crippen MR) is 73.2 cm³/mol. The van der Waals surface area contributed by atoms with Gasteiger partial charge in [0.05, 0.1) is 0 Å². The van der Waals surface area contributed by atoms with Gasteiger partial charge in [0.25, 0.3) is 0 Å². The highest BCUT2D eigenvalue weighted by Gasteiger charge is 2.26. The Morgan fingerprint density at radius 3 is 2.47 bits per heavy atom. The van der Waals surface area contributed by atoms with Gasteiger partial charge in [0, 0.05) is 23.4 Å². The van der Waals surface area contributed by atoms with Gasteiger partial charge in [0.15, 0.2) is 0 Å². The lowest BCUT2D eigenvalue weighted by Gasteiger charge is -2.24. The van der Waals surface area contributed by atoms with E-state index < -0.39 is 0 Å². The molecule has 2 N–H and O–H groups in total. The fourth-order valence-electron chi connectivity index (χ4n) is 1.66. The maximum absolute atomic E-state index is 5.78. The summed E-state index contributed by atoms with van der Waals surface area (Å²) in [6.45, 7) is 2.51. The highest BCUT2D eigenvalue weighted by molar-refractivity contribution is 7.15. The fourth-order valence-corrected chi connectivity index (χ4v) is 2.81. The molecule has 0 spiro atoms. The highest BCUT2D eigenvalue weighted by Crippen LogP contribution is 2.35. The Morgan fingerprint density at radius 2 is 1.88 bits per heavy atom. The summed E-state index contributed by atoms with van der Waals surface area (Å²) >= 11 is 1.74. The molecule has 0 aliphatic carbocycles. The van der Waals surface area contributed by atoms with Crippen molar-refractivity contribution in [3.05, 3.63) is 47.3 Å². The van der Waals surface area contributed by atoms with Crippen LogP contribution in [0.4, 0.5) is 0 Å². The van der Waals surface area contributed by atoms with E-state index >= 15 is 0 Å². The number of ether oxygens (including phenoxy) is 1. The van der Waals surface area contributed by atoms with E-state index in [0.717, 1.165) is 0 Å². The first kappa shape index (κ1) is 12.3. The molecule has 2 nitrogen and oxygen atoms in total. The van der Waals surface area contributed by atoms with Crippen molar-refractivity contribution in [1.82, 2.24) is 0 Å². The van der Waals surface area contributed by atoms with Gasteiger partial charge in [0.2, 0.25) is 0 Å². The molecule has 0 aliphatic rings. The lowest BCUT2D eigenvalue weighted by Crippen LogP contribution is -2.32. The summed E-state index contributed by atoms with van der Waals surface area (Å²) in [4.78, 5) is 2.42. The normalized spacial score (nSPS) is 14.5. The topological polar surface area (TPSA) is 35.2 Å². The molecule has 0 saturated heterocycles. The van der Waals surface area contributed by atoms with Gasteiger partial charge in [-0.2, -0.15) is 0 Å². The minimum atomic E-state index is -0.377. The number of rotatable bonds is 4. The third-order valence-corrected chi connectivity index (χ3v) is 4.41. The summed E-state index contributed by atoms with van der Waals surface area (Å²) < 4.78 is 5.51. The Morgan fingerprint density at radius 1 is 1.18 bits per heavy atom. The van der Waals surface area contributed by atoms with Crippen molar-refractivity contribution in [2.75, 3.05) is 13.7 Å². The van der Waals surface area contributed by atoms with Crippen molar-refractivity contribution in [2.45, 2.75) is 12.5 Å². The number of methoxy groups -OCH3 is 1. The number of hydrogen-bond acceptors (Lipinski definition) is 3. The van der Waals surface area contributed by atoms with Crippen molar-refractivity contribution in [3.8, 4) is 10.4 Å². The van der Waals surface area contributed by atoms with Gasteiger partial charge < -0.3 is 10.5 Å². The van der Waals surface area contributed by atoms with Crippen LogP contribution >= 0.6 is 11.3 Å². The first-order valence-corrected chi connectivity index (χ1v) is 6.42. The van der Waals surface area contributed by atoms with E-state index in [1.54, 1.807) is 18.4 Å². The fraction of sp³-hybridized carbons (Fsp3) is 0.286. The van der Waals surface area contributed by atoms with Crippen molar-refractivity contribution in [3.63, 3.8) is 0 Å². The van der Waals surface area contributed by atoms with E-state index in [-0.39, 0.29) is 5.60 Å². The van der Waals surface area contributed by atoms with Crippen LogP contribution in [-0.2, 0) is 10.3 Å². The van der Waals surface area contributed by atoms with Crippen LogP contribution in [0.5, 0.6) is 0 Å². The Hall–Kier alpha value is -1.16. The van der Waals surface area contributed by atoms with E-state index in [4.69, 9.17) is 10.5 Å². The summed E-state index contributed by atoms with van der Waals surface area (Å²) in [5.41, 5.74) is 6.64. The van der Waals surface area contributed by atoms with Gasteiger partial charge in [-0.05, 0) is 24.6 Å². The summed E-state index contributed by atoms with van der Waals surface area (Å²) in [5.74, 6) is 0. The molecule has 90 valence electrons. The predicted octanol–water partition coefficient (Wildman–Crippen LogP) is 3.24. The van der Waals surface area contributed by atoms with Gasteiger partial charge in [-0.1, -0.05) is 30.3 Å². The van der Waals surface area contributed by atoms with Crippen molar-refractivity contribution in [2.24, 2.45) is 5.73 Å². The zero-order valence-corrected chi connectivity index (χ0v) is 11.0. The molecule has 17 heavy (non-hydrogen) atoms. The molecule has 2 aromatic rings. The smallest absolute Gasteiger partial charge is 0.111 e. The summed E-state index contributed by atoms with van der Waals surface area (Å²) in [6, 6.07) is 14.6. The summed E-state index contributed by atoms with van der Waals surface area (Å²) in [6.07, 6.45) is 0.